The number of rotatable bonds is 6. The molecule has 1 aliphatic rings. The van der Waals surface area contributed by atoms with Crippen LogP contribution < -0.4 is 0 Å². The Hall–Kier alpha value is -3.06. The Bertz CT molecular complexity index is 1580. The van der Waals surface area contributed by atoms with Crippen LogP contribution in [0.5, 0.6) is 0 Å². The molecule has 3 aromatic rings. The molecule has 0 aromatic heterocycles. The minimum Gasteiger partial charge on any atom is -0.205 e. The van der Waals surface area contributed by atoms with Gasteiger partial charge in [-0.1, -0.05) is 58.0 Å². The van der Waals surface area contributed by atoms with Gasteiger partial charge in [0.15, 0.2) is 5.84 Å². The molecule has 12 heteroatoms. The lowest BCUT2D eigenvalue weighted by Gasteiger charge is -2.28. The zero-order valence-corrected chi connectivity index (χ0v) is 21.4. The van der Waals surface area contributed by atoms with Crippen molar-refractivity contribution >= 4 is 35.9 Å². The molecular weight excluding hydrogens is 510 g/mol. The van der Waals surface area contributed by atoms with Gasteiger partial charge in [-0.2, -0.15) is 21.2 Å². The van der Waals surface area contributed by atoms with Gasteiger partial charge in [-0.3, -0.25) is 0 Å². The highest BCUT2D eigenvalue weighted by atomic mass is 32.2. The maximum atomic E-state index is 13.7. The quantitative estimate of drug-likeness (QED) is 0.480. The number of amidine groups is 1. The summed E-state index contributed by atoms with van der Waals surface area (Å²) in [6.45, 7) is 3.27. The largest absolute Gasteiger partial charge is 0.284 e. The molecule has 1 aliphatic heterocycles. The van der Waals surface area contributed by atoms with Gasteiger partial charge in [-0.15, -0.1) is 4.40 Å². The Morgan fingerprint density at radius 1 is 0.629 bits per heavy atom. The van der Waals surface area contributed by atoms with Gasteiger partial charge < -0.3 is 0 Å². The van der Waals surface area contributed by atoms with Gasteiger partial charge in [0.1, 0.15) is 0 Å². The second-order valence-corrected chi connectivity index (χ2v) is 13.2. The van der Waals surface area contributed by atoms with Crippen LogP contribution in [0.2, 0.25) is 0 Å². The molecule has 184 valence electrons. The van der Waals surface area contributed by atoms with Crippen LogP contribution in [-0.2, 0) is 30.1 Å². The number of sulfonamides is 3. The molecule has 1 fully saturated rings. The molecule has 0 saturated carbocycles. The molecule has 35 heavy (non-hydrogen) atoms. The molecule has 0 aliphatic carbocycles. The predicted molar refractivity (Wildman–Crippen MR) is 131 cm³/mol. The SMILES string of the molecule is Cc1ccc(S(=O)(=O)/N=C2\CCN(S(=O)(=O)c3ccccc3)N2S(=O)(=O)c2ccc(C)cc2)cc1. The smallest absolute Gasteiger partial charge is 0.205 e. The molecule has 0 N–H and O–H groups in total. The zero-order chi connectivity index (χ0) is 25.4. The fourth-order valence-corrected chi connectivity index (χ4v) is 7.88. The van der Waals surface area contributed by atoms with Crippen LogP contribution in [0.1, 0.15) is 17.5 Å². The minimum absolute atomic E-state index is 0.132. The molecule has 1 saturated heterocycles. The van der Waals surface area contributed by atoms with E-state index in [1.54, 1.807) is 44.2 Å². The summed E-state index contributed by atoms with van der Waals surface area (Å²) in [6.07, 6.45) is -0.220. The summed E-state index contributed by atoms with van der Waals surface area (Å²) in [5.41, 5.74) is 1.64. The van der Waals surface area contributed by atoms with Crippen molar-refractivity contribution in [3.63, 3.8) is 0 Å². The van der Waals surface area contributed by atoms with E-state index in [0.717, 1.165) is 11.1 Å². The summed E-state index contributed by atoms with van der Waals surface area (Å²) in [7, 11) is -13.2. The zero-order valence-electron chi connectivity index (χ0n) is 18.9. The van der Waals surface area contributed by atoms with Gasteiger partial charge in [0.2, 0.25) is 0 Å². The summed E-state index contributed by atoms with van der Waals surface area (Å²) >= 11 is 0. The highest BCUT2D eigenvalue weighted by molar-refractivity contribution is 7.93. The Morgan fingerprint density at radius 3 is 1.66 bits per heavy atom. The first kappa shape index (κ1) is 25.0. The topological polar surface area (TPSA) is 121 Å². The molecule has 0 radical (unpaired) electrons. The molecule has 0 atom stereocenters. The van der Waals surface area contributed by atoms with E-state index in [1.807, 2.05) is 0 Å². The van der Waals surface area contributed by atoms with E-state index < -0.39 is 35.9 Å². The normalized spacial score (nSPS) is 16.6. The average Bonchev–Trinajstić information content (AvgIpc) is 3.25. The average molecular weight is 534 g/mol. The highest BCUT2D eigenvalue weighted by Gasteiger charge is 2.45. The lowest BCUT2D eigenvalue weighted by atomic mass is 10.2. The molecule has 0 spiro atoms. The molecule has 1 heterocycles. The summed E-state index contributed by atoms with van der Waals surface area (Å²) in [4.78, 5) is -0.460. The Morgan fingerprint density at radius 2 is 1.11 bits per heavy atom. The van der Waals surface area contributed by atoms with Gasteiger partial charge in [0, 0.05) is 13.0 Å². The summed E-state index contributed by atoms with van der Waals surface area (Å²) in [5, 5.41) is 0. The minimum atomic E-state index is -4.52. The van der Waals surface area contributed by atoms with Gasteiger partial charge in [-0.25, -0.2) is 8.42 Å². The van der Waals surface area contributed by atoms with Crippen molar-refractivity contribution < 1.29 is 25.3 Å². The lowest BCUT2D eigenvalue weighted by Crippen LogP contribution is -2.46. The van der Waals surface area contributed by atoms with Gasteiger partial charge in [0.05, 0.1) is 14.7 Å². The maximum absolute atomic E-state index is 13.7. The number of nitrogens with zero attached hydrogens (tertiary/aromatic N) is 3. The Balaban J connectivity index is 1.88. The van der Waals surface area contributed by atoms with Crippen LogP contribution >= 0.6 is 0 Å². The summed E-state index contributed by atoms with van der Waals surface area (Å²) < 4.78 is 85.1. The first-order chi connectivity index (χ1) is 16.4. The predicted octanol–water partition coefficient (Wildman–Crippen LogP) is 3.09. The molecular formula is C23H23N3O6S3. The van der Waals surface area contributed by atoms with Crippen LogP contribution in [0.3, 0.4) is 0 Å². The second-order valence-electron chi connectivity index (χ2n) is 7.97. The Labute approximate surface area is 205 Å². The van der Waals surface area contributed by atoms with Gasteiger partial charge >= 0.3 is 0 Å². The first-order valence-corrected chi connectivity index (χ1v) is 14.9. The molecule has 9 nitrogen and oxygen atoms in total. The van der Waals surface area contributed by atoms with Crippen molar-refractivity contribution in [2.75, 3.05) is 6.54 Å². The maximum Gasteiger partial charge on any atom is 0.284 e. The fraction of sp³-hybridized carbons (Fsp3) is 0.174. The number of hydrazine groups is 1. The highest BCUT2D eigenvalue weighted by Crippen LogP contribution is 2.31. The van der Waals surface area contributed by atoms with Crippen molar-refractivity contribution in [3.05, 3.63) is 90.0 Å². The molecule has 0 amide bonds. The van der Waals surface area contributed by atoms with Crippen molar-refractivity contribution in [2.45, 2.75) is 35.0 Å². The van der Waals surface area contributed by atoms with Gasteiger partial charge in [0.25, 0.3) is 30.1 Å². The van der Waals surface area contributed by atoms with Crippen LogP contribution in [-0.4, -0.2) is 46.5 Å². The first-order valence-electron chi connectivity index (χ1n) is 10.5. The van der Waals surface area contributed by atoms with E-state index in [9.17, 15) is 25.3 Å². The van der Waals surface area contributed by atoms with Crippen LogP contribution in [0.15, 0.2) is 97.9 Å². The fourth-order valence-electron chi connectivity index (χ4n) is 3.49. The molecule has 3 aromatic carbocycles. The number of aryl methyl sites for hydroxylation is 2. The number of benzene rings is 3. The third kappa shape index (κ3) is 4.87. The second kappa shape index (κ2) is 9.19. The van der Waals surface area contributed by atoms with E-state index in [0.29, 0.717) is 8.83 Å². The van der Waals surface area contributed by atoms with Crippen LogP contribution in [0.4, 0.5) is 0 Å². The number of hydrogen-bond acceptors (Lipinski definition) is 6. The summed E-state index contributed by atoms with van der Waals surface area (Å²) in [6, 6.07) is 19.0. The van der Waals surface area contributed by atoms with Crippen molar-refractivity contribution in [1.29, 1.82) is 0 Å². The molecule has 0 bridgehead atoms. The van der Waals surface area contributed by atoms with Crippen LogP contribution in [0.25, 0.3) is 0 Å². The number of hydrogen-bond donors (Lipinski definition) is 0. The summed E-state index contributed by atoms with van der Waals surface area (Å²) in [5.74, 6) is -0.411. The van der Waals surface area contributed by atoms with E-state index >= 15 is 0 Å². The van der Waals surface area contributed by atoms with E-state index in [4.69, 9.17) is 0 Å². The van der Waals surface area contributed by atoms with Crippen molar-refractivity contribution in [1.82, 2.24) is 8.83 Å². The van der Waals surface area contributed by atoms with E-state index in [-0.39, 0.29) is 27.7 Å². The van der Waals surface area contributed by atoms with E-state index in [2.05, 4.69) is 4.40 Å². The van der Waals surface area contributed by atoms with Gasteiger partial charge in [-0.05, 0) is 50.2 Å². The Kier molecular flexibility index (Phi) is 6.58. The third-order valence-corrected chi connectivity index (χ3v) is 10.3. The van der Waals surface area contributed by atoms with Crippen molar-refractivity contribution in [3.8, 4) is 0 Å². The lowest BCUT2D eigenvalue weighted by molar-refractivity contribution is 0.286. The molecule has 0 unspecified atom stereocenters. The van der Waals surface area contributed by atoms with E-state index in [1.165, 1.54) is 48.5 Å². The third-order valence-electron chi connectivity index (χ3n) is 5.36. The van der Waals surface area contributed by atoms with Crippen LogP contribution in [0, 0.1) is 13.8 Å². The standard InChI is InChI=1S/C23H23N3O6S3/c1-18-8-12-20(13-9-18)33(27,28)24-23-16-17-25(34(29,30)21-6-4-3-5-7-21)26(23)35(31,32)22-14-10-19(2)11-15-22/h3-15H,16-17H2,1-2H3/b24-23+. The molecule has 4 rings (SSSR count). The monoisotopic (exact) mass is 533 g/mol. The van der Waals surface area contributed by atoms with Crippen molar-refractivity contribution in [2.24, 2.45) is 4.40 Å².